The number of aromatic nitrogens is 1. The molecule has 0 spiro atoms. The number of nitrogens with zero attached hydrogens (tertiary/aromatic N) is 1. The van der Waals surface area contributed by atoms with Crippen LogP contribution in [0.5, 0.6) is 5.75 Å². The summed E-state index contributed by atoms with van der Waals surface area (Å²) in [6.07, 6.45) is 0. The fourth-order valence-corrected chi connectivity index (χ4v) is 4.26. The fraction of sp³-hybridized carbons (Fsp3) is 0.0769. The van der Waals surface area contributed by atoms with E-state index in [1.54, 1.807) is 12.1 Å². The number of carboxylic acid groups (broad SMARTS) is 1. The second kappa shape index (κ2) is 8.13. The maximum Gasteiger partial charge on any atom is 0.336 e. The second-order valence-electron chi connectivity index (χ2n) is 7.46. The molecule has 6 heteroatoms. The van der Waals surface area contributed by atoms with E-state index in [4.69, 9.17) is 14.1 Å². The molecule has 0 radical (unpaired) electrons. The molecule has 2 aromatic heterocycles. The molecule has 1 N–H and O–H groups in total. The molecule has 0 bridgehead atoms. The van der Waals surface area contributed by atoms with E-state index in [1.807, 2.05) is 67.6 Å². The van der Waals surface area contributed by atoms with E-state index >= 15 is 0 Å². The van der Waals surface area contributed by atoms with Crippen molar-refractivity contribution in [3.8, 4) is 17.2 Å². The van der Waals surface area contributed by atoms with E-state index < -0.39 is 5.97 Å². The smallest absolute Gasteiger partial charge is 0.336 e. The molecular formula is C26H18BrNO4. The number of hydrogen-bond acceptors (Lipinski definition) is 4. The molecule has 5 aromatic rings. The van der Waals surface area contributed by atoms with Crippen LogP contribution in [0.2, 0.25) is 0 Å². The van der Waals surface area contributed by atoms with Crippen LogP contribution in [-0.2, 0) is 6.61 Å². The molecule has 5 nitrogen and oxygen atoms in total. The Morgan fingerprint density at radius 3 is 2.56 bits per heavy atom. The molecule has 5 rings (SSSR count). The van der Waals surface area contributed by atoms with Crippen molar-refractivity contribution in [2.24, 2.45) is 0 Å². The lowest BCUT2D eigenvalue weighted by Crippen LogP contribution is -2.04. The number of carbonyl (C=O) groups is 1. The van der Waals surface area contributed by atoms with Gasteiger partial charge in [-0.2, -0.15) is 0 Å². The molecule has 0 aliphatic carbocycles. The summed E-state index contributed by atoms with van der Waals surface area (Å²) in [5.41, 5.74) is 3.71. The van der Waals surface area contributed by atoms with Crippen LogP contribution in [0, 0.1) is 6.92 Å². The van der Waals surface area contributed by atoms with E-state index in [0.717, 1.165) is 22.1 Å². The Morgan fingerprint density at radius 2 is 1.81 bits per heavy atom. The average Bonchev–Trinajstić information content (AvgIpc) is 3.15. The van der Waals surface area contributed by atoms with E-state index in [-0.39, 0.29) is 5.56 Å². The molecule has 3 aromatic carbocycles. The minimum absolute atomic E-state index is 0.106. The summed E-state index contributed by atoms with van der Waals surface area (Å²) in [7, 11) is 0. The van der Waals surface area contributed by atoms with E-state index in [9.17, 15) is 9.90 Å². The van der Waals surface area contributed by atoms with Gasteiger partial charge in [0.05, 0.1) is 16.5 Å². The predicted octanol–water partition coefficient (Wildman–Crippen LogP) is 7.00. The van der Waals surface area contributed by atoms with Gasteiger partial charge in [0.15, 0.2) is 5.76 Å². The Hall–Kier alpha value is -3.64. The highest BCUT2D eigenvalue weighted by Gasteiger charge is 2.22. The van der Waals surface area contributed by atoms with Gasteiger partial charge in [-0.15, -0.1) is 0 Å². The number of para-hydroxylation sites is 1. The summed E-state index contributed by atoms with van der Waals surface area (Å²) < 4.78 is 12.7. The number of halogens is 1. The molecule has 0 amide bonds. The van der Waals surface area contributed by atoms with Crippen molar-refractivity contribution in [1.82, 2.24) is 4.98 Å². The molecule has 32 heavy (non-hydrogen) atoms. The van der Waals surface area contributed by atoms with Crippen LogP contribution in [0.25, 0.3) is 33.3 Å². The van der Waals surface area contributed by atoms with Crippen molar-refractivity contribution in [2.45, 2.75) is 13.5 Å². The minimum atomic E-state index is -1.06. The number of rotatable bonds is 5. The minimum Gasteiger partial charge on any atom is -0.488 e. The summed E-state index contributed by atoms with van der Waals surface area (Å²) in [6.45, 7) is 2.27. The van der Waals surface area contributed by atoms with Gasteiger partial charge in [0.1, 0.15) is 23.6 Å². The lowest BCUT2D eigenvalue weighted by Gasteiger charge is -2.13. The van der Waals surface area contributed by atoms with Gasteiger partial charge in [0.25, 0.3) is 0 Å². The number of carboxylic acids is 1. The fourth-order valence-electron chi connectivity index (χ4n) is 3.84. The third-order valence-corrected chi connectivity index (χ3v) is 6.06. The Balaban J connectivity index is 1.68. The average molecular weight is 488 g/mol. The van der Waals surface area contributed by atoms with Gasteiger partial charge in [-0.05, 0) is 52.7 Å². The van der Waals surface area contributed by atoms with E-state index in [0.29, 0.717) is 39.2 Å². The normalized spacial score (nSPS) is 11.2. The predicted molar refractivity (Wildman–Crippen MR) is 127 cm³/mol. The molecule has 0 atom stereocenters. The van der Waals surface area contributed by atoms with Crippen LogP contribution < -0.4 is 4.74 Å². The molecular weight excluding hydrogens is 470 g/mol. The first-order chi connectivity index (χ1) is 15.5. The number of fused-ring (bicyclic) bond motifs is 2. The van der Waals surface area contributed by atoms with Crippen LogP contribution in [-0.4, -0.2) is 16.1 Å². The molecule has 0 saturated heterocycles. The number of ether oxygens (including phenoxy) is 1. The Morgan fingerprint density at radius 1 is 1.06 bits per heavy atom. The Kier molecular flexibility index (Phi) is 5.15. The highest BCUT2D eigenvalue weighted by atomic mass is 79.9. The Bertz CT molecular complexity index is 1470. The van der Waals surface area contributed by atoms with Crippen molar-refractivity contribution >= 4 is 43.8 Å². The van der Waals surface area contributed by atoms with Crippen molar-refractivity contribution in [1.29, 1.82) is 0 Å². The molecule has 0 fully saturated rings. The van der Waals surface area contributed by atoms with Crippen molar-refractivity contribution < 1.29 is 19.1 Å². The number of benzene rings is 3. The summed E-state index contributed by atoms with van der Waals surface area (Å²) in [6, 6.07) is 22.6. The number of furan rings is 1. The summed E-state index contributed by atoms with van der Waals surface area (Å²) in [5, 5.41) is 11.5. The van der Waals surface area contributed by atoms with Crippen molar-refractivity contribution in [2.75, 3.05) is 0 Å². The summed E-state index contributed by atoms with van der Waals surface area (Å²) in [5.74, 6) is -0.0435. The van der Waals surface area contributed by atoms with Gasteiger partial charge < -0.3 is 14.3 Å². The van der Waals surface area contributed by atoms with Gasteiger partial charge in [0.2, 0.25) is 0 Å². The maximum atomic E-state index is 12.3. The topological polar surface area (TPSA) is 72.6 Å². The zero-order valence-electron chi connectivity index (χ0n) is 17.1. The number of hydrogen-bond donors (Lipinski definition) is 1. The second-order valence-corrected chi connectivity index (χ2v) is 8.31. The first-order valence-corrected chi connectivity index (χ1v) is 10.8. The van der Waals surface area contributed by atoms with Gasteiger partial charge in [-0.1, -0.05) is 48.5 Å². The first-order valence-electron chi connectivity index (χ1n) is 10.0. The van der Waals surface area contributed by atoms with E-state index in [2.05, 4.69) is 15.9 Å². The SMILES string of the molecule is Cc1c(-c2cc(C(=O)O)c3c(OCc4ccccc4)ccc(Br)c3n2)oc2ccccc12. The zero-order valence-corrected chi connectivity index (χ0v) is 18.7. The van der Waals surface area contributed by atoms with Gasteiger partial charge in [0, 0.05) is 15.4 Å². The van der Waals surface area contributed by atoms with Crippen LogP contribution in [0.3, 0.4) is 0 Å². The summed E-state index contributed by atoms with van der Waals surface area (Å²) >= 11 is 3.53. The third kappa shape index (κ3) is 3.52. The van der Waals surface area contributed by atoms with Crippen LogP contribution in [0.1, 0.15) is 21.5 Å². The zero-order chi connectivity index (χ0) is 22.2. The standard InChI is InChI=1S/C26H18BrNO4/c1-15-17-9-5-6-10-21(17)32-25(15)20-13-18(26(29)30)23-22(12-11-19(27)24(23)28-20)31-14-16-7-3-2-4-8-16/h2-13H,14H2,1H3,(H,29,30). The quantitative estimate of drug-likeness (QED) is 0.289. The van der Waals surface area contributed by atoms with Crippen LogP contribution in [0.4, 0.5) is 0 Å². The van der Waals surface area contributed by atoms with Crippen LogP contribution in [0.15, 0.2) is 81.7 Å². The van der Waals surface area contributed by atoms with E-state index in [1.165, 1.54) is 0 Å². The van der Waals surface area contributed by atoms with Gasteiger partial charge in [-0.25, -0.2) is 9.78 Å². The molecule has 2 heterocycles. The third-order valence-electron chi connectivity index (χ3n) is 5.42. The largest absolute Gasteiger partial charge is 0.488 e. The molecule has 0 aliphatic heterocycles. The number of aromatic carboxylic acids is 1. The van der Waals surface area contributed by atoms with Crippen molar-refractivity contribution in [3.63, 3.8) is 0 Å². The highest BCUT2D eigenvalue weighted by molar-refractivity contribution is 9.10. The summed E-state index contributed by atoms with van der Waals surface area (Å²) in [4.78, 5) is 17.0. The molecule has 0 aliphatic rings. The van der Waals surface area contributed by atoms with Gasteiger partial charge >= 0.3 is 5.97 Å². The first kappa shape index (κ1) is 20.3. The molecule has 0 unspecified atom stereocenters. The monoisotopic (exact) mass is 487 g/mol. The maximum absolute atomic E-state index is 12.3. The molecule has 158 valence electrons. The number of aryl methyl sites for hydroxylation is 1. The molecule has 0 saturated carbocycles. The lowest BCUT2D eigenvalue weighted by molar-refractivity contribution is 0.0698. The van der Waals surface area contributed by atoms with Crippen LogP contribution >= 0.6 is 15.9 Å². The highest BCUT2D eigenvalue weighted by Crippen LogP contribution is 2.38. The lowest BCUT2D eigenvalue weighted by atomic mass is 10.0. The van der Waals surface area contributed by atoms with Crippen molar-refractivity contribution in [3.05, 3.63) is 94.0 Å². The Labute approximate surface area is 192 Å². The number of pyridine rings is 1. The van der Waals surface area contributed by atoms with Gasteiger partial charge in [-0.3, -0.25) is 0 Å².